The Morgan fingerprint density at radius 2 is 2.20 bits per heavy atom. The third-order valence-electron chi connectivity index (χ3n) is 1.15. The van der Waals surface area contributed by atoms with Gasteiger partial charge in [0.25, 0.3) is 0 Å². The van der Waals surface area contributed by atoms with E-state index >= 15 is 0 Å². The van der Waals surface area contributed by atoms with Gasteiger partial charge in [-0.05, 0) is 11.8 Å². The zero-order valence-electron chi connectivity index (χ0n) is 5.63. The quantitative estimate of drug-likeness (QED) is 0.464. The SMILES string of the molecule is C#Cc1cn(C)c(C#C)n1. The zero-order valence-corrected chi connectivity index (χ0v) is 5.63. The molecule has 2 heteroatoms. The minimum absolute atomic E-state index is 0.563. The number of aromatic nitrogens is 2. The van der Waals surface area contributed by atoms with E-state index in [1.165, 1.54) is 0 Å². The summed E-state index contributed by atoms with van der Waals surface area (Å²) < 4.78 is 1.72. The van der Waals surface area contributed by atoms with E-state index in [9.17, 15) is 0 Å². The van der Waals surface area contributed by atoms with Crippen LogP contribution in [0.5, 0.6) is 0 Å². The van der Waals surface area contributed by atoms with Gasteiger partial charge in [-0.1, -0.05) is 0 Å². The van der Waals surface area contributed by atoms with Crippen LogP contribution in [0.1, 0.15) is 11.5 Å². The Labute approximate surface area is 59.9 Å². The van der Waals surface area contributed by atoms with E-state index in [4.69, 9.17) is 12.8 Å². The van der Waals surface area contributed by atoms with Crippen LogP contribution in [0.2, 0.25) is 0 Å². The molecule has 10 heavy (non-hydrogen) atoms. The first-order valence-corrected chi connectivity index (χ1v) is 2.74. The molecule has 0 aliphatic heterocycles. The summed E-state index contributed by atoms with van der Waals surface area (Å²) in [6.07, 6.45) is 11.9. The third-order valence-corrected chi connectivity index (χ3v) is 1.15. The second kappa shape index (κ2) is 2.29. The first-order chi connectivity index (χ1) is 4.77. The van der Waals surface area contributed by atoms with Crippen LogP contribution in [0.25, 0.3) is 0 Å². The van der Waals surface area contributed by atoms with Gasteiger partial charge < -0.3 is 4.57 Å². The first-order valence-electron chi connectivity index (χ1n) is 2.74. The lowest BCUT2D eigenvalue weighted by molar-refractivity contribution is 0.894. The molecule has 1 heterocycles. The molecule has 1 rings (SSSR count). The summed E-state index contributed by atoms with van der Waals surface area (Å²) in [6, 6.07) is 0. The Kier molecular flexibility index (Phi) is 1.48. The number of aryl methyl sites for hydroxylation is 1. The lowest BCUT2D eigenvalue weighted by Crippen LogP contribution is -1.88. The van der Waals surface area contributed by atoms with E-state index in [2.05, 4.69) is 16.8 Å². The molecule has 0 unspecified atom stereocenters. The van der Waals surface area contributed by atoms with Crippen molar-refractivity contribution in [3.05, 3.63) is 17.7 Å². The maximum atomic E-state index is 5.12. The lowest BCUT2D eigenvalue weighted by Gasteiger charge is -1.86. The summed E-state index contributed by atoms with van der Waals surface area (Å²) >= 11 is 0. The molecule has 0 N–H and O–H groups in total. The van der Waals surface area contributed by atoms with Gasteiger partial charge >= 0.3 is 0 Å². The van der Waals surface area contributed by atoms with Gasteiger partial charge in [0.1, 0.15) is 5.69 Å². The summed E-state index contributed by atoms with van der Waals surface area (Å²) in [6.45, 7) is 0. The maximum Gasteiger partial charge on any atom is 0.186 e. The van der Waals surface area contributed by atoms with Crippen molar-refractivity contribution in [1.82, 2.24) is 9.55 Å². The van der Waals surface area contributed by atoms with Gasteiger partial charge in [-0.25, -0.2) is 4.98 Å². The molecule has 0 aliphatic carbocycles. The Morgan fingerprint density at radius 3 is 2.50 bits per heavy atom. The van der Waals surface area contributed by atoms with Gasteiger partial charge in [-0.2, -0.15) is 0 Å². The van der Waals surface area contributed by atoms with Crippen LogP contribution in [-0.2, 0) is 7.05 Å². The molecule has 0 fully saturated rings. The topological polar surface area (TPSA) is 17.8 Å². The predicted octanol–water partition coefficient (Wildman–Crippen LogP) is 0.383. The number of rotatable bonds is 0. The average molecular weight is 130 g/mol. The van der Waals surface area contributed by atoms with Crippen molar-refractivity contribution >= 4 is 0 Å². The molecule has 0 bridgehead atoms. The second-order valence-corrected chi connectivity index (χ2v) is 1.85. The molecule has 0 saturated heterocycles. The predicted molar refractivity (Wildman–Crippen MR) is 39.1 cm³/mol. The second-order valence-electron chi connectivity index (χ2n) is 1.85. The molecule has 0 radical (unpaired) electrons. The average Bonchev–Trinajstić information content (AvgIpc) is 2.30. The normalized spacial score (nSPS) is 8.30. The van der Waals surface area contributed by atoms with Crippen LogP contribution < -0.4 is 0 Å². The summed E-state index contributed by atoms with van der Waals surface area (Å²) in [5.74, 6) is 5.36. The highest BCUT2D eigenvalue weighted by molar-refractivity contribution is 5.28. The van der Waals surface area contributed by atoms with Crippen LogP contribution in [0, 0.1) is 24.7 Å². The Bertz CT molecular complexity index is 320. The molecule has 0 spiro atoms. The molecular formula is C8H6N2. The van der Waals surface area contributed by atoms with Crippen molar-refractivity contribution in [2.45, 2.75) is 0 Å². The fourth-order valence-electron chi connectivity index (χ4n) is 0.670. The molecule has 1 aromatic rings. The van der Waals surface area contributed by atoms with Crippen LogP contribution in [0.3, 0.4) is 0 Å². The van der Waals surface area contributed by atoms with E-state index in [1.807, 2.05) is 7.05 Å². The van der Waals surface area contributed by atoms with Crippen molar-refractivity contribution in [1.29, 1.82) is 0 Å². The van der Waals surface area contributed by atoms with Crippen molar-refractivity contribution < 1.29 is 0 Å². The van der Waals surface area contributed by atoms with E-state index in [0.29, 0.717) is 11.5 Å². The Hall–Kier alpha value is -1.67. The molecule has 0 atom stereocenters. The number of imidazole rings is 1. The summed E-state index contributed by atoms with van der Waals surface area (Å²) in [4.78, 5) is 3.94. The largest absolute Gasteiger partial charge is 0.326 e. The maximum absolute atomic E-state index is 5.12. The van der Waals surface area contributed by atoms with Crippen LogP contribution in [0.4, 0.5) is 0 Å². The number of nitrogens with zero attached hydrogens (tertiary/aromatic N) is 2. The van der Waals surface area contributed by atoms with E-state index in [-0.39, 0.29) is 0 Å². The molecule has 0 aliphatic rings. The van der Waals surface area contributed by atoms with Gasteiger partial charge in [-0.15, -0.1) is 12.8 Å². The van der Waals surface area contributed by atoms with Gasteiger partial charge in [0.15, 0.2) is 5.82 Å². The van der Waals surface area contributed by atoms with Gasteiger partial charge in [0.05, 0.1) is 0 Å². The monoisotopic (exact) mass is 130 g/mol. The molecule has 1 aromatic heterocycles. The minimum atomic E-state index is 0.563. The summed E-state index contributed by atoms with van der Waals surface area (Å²) in [5.41, 5.74) is 0.579. The minimum Gasteiger partial charge on any atom is -0.326 e. The molecular weight excluding hydrogens is 124 g/mol. The van der Waals surface area contributed by atoms with Gasteiger partial charge in [0, 0.05) is 13.2 Å². The van der Waals surface area contributed by atoms with Crippen molar-refractivity contribution in [2.75, 3.05) is 0 Å². The smallest absolute Gasteiger partial charge is 0.186 e. The van der Waals surface area contributed by atoms with Crippen LogP contribution in [-0.4, -0.2) is 9.55 Å². The van der Waals surface area contributed by atoms with E-state index in [1.54, 1.807) is 10.8 Å². The third kappa shape index (κ3) is 0.876. The number of hydrogen-bond donors (Lipinski definition) is 0. The number of terminal acetylenes is 2. The summed E-state index contributed by atoms with van der Waals surface area (Å²) in [7, 11) is 1.81. The Balaban J connectivity index is 3.23. The van der Waals surface area contributed by atoms with Crippen molar-refractivity contribution in [2.24, 2.45) is 7.05 Å². The Morgan fingerprint density at radius 1 is 1.50 bits per heavy atom. The van der Waals surface area contributed by atoms with Crippen molar-refractivity contribution in [3.8, 4) is 24.7 Å². The summed E-state index contributed by atoms with van der Waals surface area (Å²) in [5, 5.41) is 0. The number of hydrogen-bond acceptors (Lipinski definition) is 1. The van der Waals surface area contributed by atoms with Gasteiger partial charge in [0.2, 0.25) is 0 Å². The fraction of sp³-hybridized carbons (Fsp3) is 0.125. The molecule has 0 aromatic carbocycles. The zero-order chi connectivity index (χ0) is 7.56. The van der Waals surface area contributed by atoms with Crippen molar-refractivity contribution in [3.63, 3.8) is 0 Å². The standard InChI is InChI=1S/C8H6N2/c1-4-7-6-10(3)8(5-2)9-7/h1-2,6H,3H3. The van der Waals surface area contributed by atoms with Gasteiger partial charge in [-0.3, -0.25) is 0 Å². The highest BCUT2D eigenvalue weighted by Crippen LogP contribution is 1.96. The molecule has 2 nitrogen and oxygen atoms in total. The highest BCUT2D eigenvalue weighted by atomic mass is 15.0. The lowest BCUT2D eigenvalue weighted by atomic mass is 10.5. The highest BCUT2D eigenvalue weighted by Gasteiger charge is 1.97. The van der Waals surface area contributed by atoms with E-state index in [0.717, 1.165) is 0 Å². The van der Waals surface area contributed by atoms with Crippen LogP contribution >= 0.6 is 0 Å². The van der Waals surface area contributed by atoms with Crippen LogP contribution in [0.15, 0.2) is 6.20 Å². The molecule has 48 valence electrons. The molecule has 0 saturated carbocycles. The first kappa shape index (κ1) is 6.45. The fourth-order valence-corrected chi connectivity index (χ4v) is 0.670. The molecule has 0 amide bonds. The van der Waals surface area contributed by atoms with E-state index < -0.39 is 0 Å².